The number of hydrogen-bond donors (Lipinski definition) is 3. The summed E-state index contributed by atoms with van der Waals surface area (Å²) in [5.41, 5.74) is 1.91. The molecule has 0 unspecified atom stereocenters. The summed E-state index contributed by atoms with van der Waals surface area (Å²) in [7, 11) is 0. The molecule has 122 valence electrons. The number of aromatic amines is 1. The van der Waals surface area contributed by atoms with E-state index in [0.717, 1.165) is 17.7 Å². The topological polar surface area (TPSA) is 99.8 Å². The number of carbonyl (C=O) groups excluding carboxylic acids is 2. The normalized spacial score (nSPS) is 11.7. The summed E-state index contributed by atoms with van der Waals surface area (Å²) in [5.74, 6) is 0.200. The van der Waals surface area contributed by atoms with Crippen LogP contribution in [-0.4, -0.2) is 27.0 Å². The maximum Gasteiger partial charge on any atom is 0.224 e. The molecule has 0 aliphatic heterocycles. The van der Waals surface area contributed by atoms with Crippen LogP contribution in [0.1, 0.15) is 44.1 Å². The van der Waals surface area contributed by atoms with Crippen molar-refractivity contribution in [3.05, 3.63) is 42.0 Å². The molecule has 0 saturated heterocycles. The maximum absolute atomic E-state index is 11.9. The van der Waals surface area contributed by atoms with Gasteiger partial charge in [0.05, 0.1) is 6.04 Å². The number of anilines is 1. The predicted molar refractivity (Wildman–Crippen MR) is 86.6 cm³/mol. The van der Waals surface area contributed by atoms with Crippen LogP contribution in [0.15, 0.2) is 30.6 Å². The second-order valence-electron chi connectivity index (χ2n) is 5.26. The molecule has 23 heavy (non-hydrogen) atoms. The molecule has 1 aromatic carbocycles. The molecule has 0 fully saturated rings. The Labute approximate surface area is 134 Å². The molecule has 0 aliphatic rings. The van der Waals surface area contributed by atoms with Crippen LogP contribution in [0.25, 0.3) is 0 Å². The SMILES string of the molecule is CCc1cccc(NC(=O)CCC(=O)N[C@H](C)c2ncn[nH]2)c1. The molecule has 1 heterocycles. The minimum absolute atomic E-state index is 0.123. The minimum Gasteiger partial charge on any atom is -0.346 e. The van der Waals surface area contributed by atoms with Crippen molar-refractivity contribution in [2.24, 2.45) is 0 Å². The predicted octanol–water partition coefficient (Wildman–Crippen LogP) is 1.96. The molecule has 2 rings (SSSR count). The largest absolute Gasteiger partial charge is 0.346 e. The van der Waals surface area contributed by atoms with Crippen LogP contribution < -0.4 is 10.6 Å². The third-order valence-corrected chi connectivity index (χ3v) is 3.42. The summed E-state index contributed by atoms with van der Waals surface area (Å²) in [6.07, 6.45) is 2.55. The fourth-order valence-electron chi connectivity index (χ4n) is 2.13. The van der Waals surface area contributed by atoms with Gasteiger partial charge in [-0.2, -0.15) is 5.10 Å². The molecule has 2 aromatic rings. The number of carbonyl (C=O) groups is 2. The molecule has 2 amide bonds. The molecule has 3 N–H and O–H groups in total. The van der Waals surface area contributed by atoms with Crippen molar-refractivity contribution in [2.75, 3.05) is 5.32 Å². The van der Waals surface area contributed by atoms with Gasteiger partial charge in [-0.1, -0.05) is 19.1 Å². The summed E-state index contributed by atoms with van der Waals surface area (Å²) < 4.78 is 0. The Bertz CT molecular complexity index is 654. The Hall–Kier alpha value is -2.70. The van der Waals surface area contributed by atoms with Crippen molar-refractivity contribution >= 4 is 17.5 Å². The van der Waals surface area contributed by atoms with Gasteiger partial charge in [0.2, 0.25) is 11.8 Å². The van der Waals surface area contributed by atoms with Crippen LogP contribution in [0.2, 0.25) is 0 Å². The summed E-state index contributed by atoms with van der Waals surface area (Å²) in [5, 5.41) is 12.0. The van der Waals surface area contributed by atoms with Crippen LogP contribution in [0, 0.1) is 0 Å². The lowest BCUT2D eigenvalue weighted by atomic mass is 10.1. The number of hydrogen-bond acceptors (Lipinski definition) is 4. The number of benzene rings is 1. The van der Waals surface area contributed by atoms with E-state index in [9.17, 15) is 9.59 Å². The van der Waals surface area contributed by atoms with Gasteiger partial charge >= 0.3 is 0 Å². The van der Waals surface area contributed by atoms with Crippen molar-refractivity contribution in [1.29, 1.82) is 0 Å². The summed E-state index contributed by atoms with van der Waals surface area (Å²) >= 11 is 0. The monoisotopic (exact) mass is 315 g/mol. The van der Waals surface area contributed by atoms with E-state index >= 15 is 0 Å². The zero-order valence-electron chi connectivity index (χ0n) is 13.3. The van der Waals surface area contributed by atoms with Gasteiger partial charge in [-0.25, -0.2) is 4.98 Å². The molecule has 0 bridgehead atoms. The van der Waals surface area contributed by atoms with Gasteiger partial charge in [0, 0.05) is 18.5 Å². The van der Waals surface area contributed by atoms with Crippen LogP contribution in [0.3, 0.4) is 0 Å². The highest BCUT2D eigenvalue weighted by Crippen LogP contribution is 2.12. The number of nitrogens with zero attached hydrogens (tertiary/aromatic N) is 2. The highest BCUT2D eigenvalue weighted by Gasteiger charge is 2.13. The lowest BCUT2D eigenvalue weighted by Crippen LogP contribution is -2.28. The molecule has 0 saturated carbocycles. The van der Waals surface area contributed by atoms with E-state index in [1.165, 1.54) is 6.33 Å². The van der Waals surface area contributed by atoms with Crippen molar-refractivity contribution in [2.45, 2.75) is 39.2 Å². The Kier molecular flexibility index (Phi) is 5.85. The van der Waals surface area contributed by atoms with Gasteiger partial charge in [-0.15, -0.1) is 0 Å². The first-order valence-electron chi connectivity index (χ1n) is 7.62. The molecule has 0 spiro atoms. The van der Waals surface area contributed by atoms with Gasteiger partial charge in [0.15, 0.2) is 0 Å². The molecule has 1 atom stereocenters. The van der Waals surface area contributed by atoms with Crippen molar-refractivity contribution in [3.8, 4) is 0 Å². The zero-order valence-corrected chi connectivity index (χ0v) is 13.3. The van der Waals surface area contributed by atoms with E-state index < -0.39 is 0 Å². The summed E-state index contributed by atoms with van der Waals surface area (Å²) in [6, 6.07) is 7.41. The maximum atomic E-state index is 11.9. The van der Waals surface area contributed by atoms with Gasteiger partial charge in [-0.3, -0.25) is 14.7 Å². The Balaban J connectivity index is 1.76. The quantitative estimate of drug-likeness (QED) is 0.727. The average Bonchev–Trinajstić information content (AvgIpc) is 3.07. The van der Waals surface area contributed by atoms with Gasteiger partial charge in [-0.05, 0) is 31.0 Å². The zero-order chi connectivity index (χ0) is 16.7. The Morgan fingerprint density at radius 2 is 2.04 bits per heavy atom. The number of amides is 2. The molecule has 7 heteroatoms. The second-order valence-corrected chi connectivity index (χ2v) is 5.26. The van der Waals surface area contributed by atoms with E-state index in [4.69, 9.17) is 0 Å². The summed E-state index contributed by atoms with van der Waals surface area (Å²) in [6.45, 7) is 3.86. The average molecular weight is 315 g/mol. The van der Waals surface area contributed by atoms with Gasteiger partial charge < -0.3 is 10.6 Å². The molecular weight excluding hydrogens is 294 g/mol. The Morgan fingerprint density at radius 3 is 2.74 bits per heavy atom. The highest BCUT2D eigenvalue weighted by atomic mass is 16.2. The lowest BCUT2D eigenvalue weighted by Gasteiger charge is -2.11. The van der Waals surface area contributed by atoms with E-state index in [2.05, 4.69) is 32.7 Å². The molecular formula is C16H21N5O2. The van der Waals surface area contributed by atoms with Crippen LogP contribution in [0.4, 0.5) is 5.69 Å². The van der Waals surface area contributed by atoms with Gasteiger partial charge in [0.25, 0.3) is 0 Å². The van der Waals surface area contributed by atoms with Crippen LogP contribution >= 0.6 is 0 Å². The molecule has 0 aliphatic carbocycles. The number of H-pyrrole nitrogens is 1. The number of nitrogens with one attached hydrogen (secondary N) is 3. The molecule has 0 radical (unpaired) electrons. The first-order valence-corrected chi connectivity index (χ1v) is 7.62. The summed E-state index contributed by atoms with van der Waals surface area (Å²) in [4.78, 5) is 27.7. The smallest absolute Gasteiger partial charge is 0.224 e. The van der Waals surface area contributed by atoms with Crippen molar-refractivity contribution in [3.63, 3.8) is 0 Å². The standard InChI is InChI=1S/C16H21N5O2/c1-3-12-5-4-6-13(9-12)20-15(23)8-7-14(22)19-11(2)16-17-10-18-21-16/h4-6,9-11H,3,7-8H2,1-2H3,(H,19,22)(H,20,23)(H,17,18,21)/t11-/m1/s1. The first kappa shape index (κ1) is 16.7. The number of rotatable bonds is 7. The number of aryl methyl sites for hydroxylation is 1. The Morgan fingerprint density at radius 1 is 1.26 bits per heavy atom. The molecule has 7 nitrogen and oxygen atoms in total. The molecule has 1 aromatic heterocycles. The van der Waals surface area contributed by atoms with Crippen LogP contribution in [-0.2, 0) is 16.0 Å². The lowest BCUT2D eigenvalue weighted by molar-refractivity contribution is -0.124. The van der Waals surface area contributed by atoms with Gasteiger partial charge in [0.1, 0.15) is 12.2 Å². The highest BCUT2D eigenvalue weighted by molar-refractivity contribution is 5.93. The first-order chi connectivity index (χ1) is 11.1. The minimum atomic E-state index is -0.269. The fraction of sp³-hybridized carbons (Fsp3) is 0.375. The second kappa shape index (κ2) is 8.07. The van der Waals surface area contributed by atoms with Crippen LogP contribution in [0.5, 0.6) is 0 Å². The third-order valence-electron chi connectivity index (χ3n) is 3.42. The van der Waals surface area contributed by atoms with E-state index in [1.807, 2.05) is 24.3 Å². The number of aromatic nitrogens is 3. The van der Waals surface area contributed by atoms with E-state index in [0.29, 0.717) is 5.82 Å². The van der Waals surface area contributed by atoms with E-state index in [-0.39, 0.29) is 30.7 Å². The fourth-order valence-corrected chi connectivity index (χ4v) is 2.13. The van der Waals surface area contributed by atoms with Crippen molar-refractivity contribution < 1.29 is 9.59 Å². The van der Waals surface area contributed by atoms with E-state index in [1.54, 1.807) is 6.92 Å². The third kappa shape index (κ3) is 5.21. The van der Waals surface area contributed by atoms with Crippen molar-refractivity contribution in [1.82, 2.24) is 20.5 Å².